The number of rotatable bonds is 7. The molecule has 0 aliphatic rings. The van der Waals surface area contributed by atoms with Crippen LogP contribution in [-0.4, -0.2) is 36.9 Å². The lowest BCUT2D eigenvalue weighted by Crippen LogP contribution is -2.28. The van der Waals surface area contributed by atoms with Gasteiger partial charge in [0, 0.05) is 6.54 Å². The highest BCUT2D eigenvalue weighted by Crippen LogP contribution is 2.20. The first-order valence-electron chi connectivity index (χ1n) is 6.52. The predicted octanol–water partition coefficient (Wildman–Crippen LogP) is 2.48. The van der Waals surface area contributed by atoms with Crippen molar-refractivity contribution in [3.8, 4) is 11.8 Å². The fourth-order valence-corrected chi connectivity index (χ4v) is 1.83. The Kier molecular flexibility index (Phi) is 6.04. The Labute approximate surface area is 114 Å². The summed E-state index contributed by atoms with van der Waals surface area (Å²) < 4.78 is 5.66. The lowest BCUT2D eigenvalue weighted by molar-refractivity contribution is 0.101. The highest BCUT2D eigenvalue weighted by molar-refractivity contribution is 5.97. The summed E-state index contributed by atoms with van der Waals surface area (Å²) in [7, 11) is 0. The van der Waals surface area contributed by atoms with Gasteiger partial charge < -0.3 is 9.64 Å². The summed E-state index contributed by atoms with van der Waals surface area (Å²) in [6, 6.07) is 6.96. The van der Waals surface area contributed by atoms with Gasteiger partial charge in [-0.2, -0.15) is 5.26 Å². The van der Waals surface area contributed by atoms with Crippen LogP contribution in [0.2, 0.25) is 0 Å². The van der Waals surface area contributed by atoms with Gasteiger partial charge in [-0.25, -0.2) is 0 Å². The van der Waals surface area contributed by atoms with Crippen molar-refractivity contribution in [1.82, 2.24) is 4.90 Å². The van der Waals surface area contributed by atoms with Crippen molar-refractivity contribution in [2.24, 2.45) is 0 Å². The van der Waals surface area contributed by atoms with Gasteiger partial charge in [-0.05, 0) is 38.2 Å². The molecule has 1 rings (SSSR count). The fourth-order valence-electron chi connectivity index (χ4n) is 1.83. The number of hydrogen-bond acceptors (Lipinski definition) is 4. The first kappa shape index (κ1) is 15.2. The van der Waals surface area contributed by atoms with Crippen molar-refractivity contribution in [3.05, 3.63) is 29.3 Å². The quantitative estimate of drug-likeness (QED) is 0.707. The normalized spacial score (nSPS) is 10.3. The molecule has 0 atom stereocenters. The molecule has 0 spiro atoms. The van der Waals surface area contributed by atoms with Gasteiger partial charge in [-0.15, -0.1) is 0 Å². The number of ketones is 1. The molecule has 0 fully saturated rings. The maximum Gasteiger partial charge on any atom is 0.163 e. The smallest absolute Gasteiger partial charge is 0.163 e. The Morgan fingerprint density at radius 1 is 1.37 bits per heavy atom. The summed E-state index contributed by atoms with van der Waals surface area (Å²) in [6.45, 7) is 8.95. The molecule has 0 aromatic heterocycles. The molecule has 0 bridgehead atoms. The number of carbonyl (C=O) groups is 1. The maximum absolute atomic E-state index is 11.5. The zero-order valence-electron chi connectivity index (χ0n) is 11.8. The Hall–Kier alpha value is -1.86. The van der Waals surface area contributed by atoms with Gasteiger partial charge in [0.15, 0.2) is 5.78 Å². The Bertz CT molecular complexity index is 474. The number of carbonyl (C=O) groups excluding carboxylic acids is 1. The van der Waals surface area contributed by atoms with Crippen LogP contribution in [0.4, 0.5) is 0 Å². The van der Waals surface area contributed by atoms with Gasteiger partial charge in [-0.3, -0.25) is 4.79 Å². The maximum atomic E-state index is 11.5. The molecule has 0 radical (unpaired) electrons. The van der Waals surface area contributed by atoms with Gasteiger partial charge in [0.1, 0.15) is 12.4 Å². The molecule has 1 aromatic rings. The molecule has 0 unspecified atom stereocenters. The number of nitriles is 1. The highest BCUT2D eigenvalue weighted by atomic mass is 16.5. The third-order valence-corrected chi connectivity index (χ3v) is 3.05. The van der Waals surface area contributed by atoms with Crippen LogP contribution in [0.1, 0.15) is 36.7 Å². The number of nitrogens with zero attached hydrogens (tertiary/aromatic N) is 2. The number of benzene rings is 1. The first-order valence-corrected chi connectivity index (χ1v) is 6.52. The van der Waals surface area contributed by atoms with Crippen LogP contribution < -0.4 is 4.74 Å². The lowest BCUT2D eigenvalue weighted by atomic mass is 10.1. The first-order chi connectivity index (χ1) is 9.12. The average Bonchev–Trinajstić information content (AvgIpc) is 2.43. The SMILES string of the molecule is CCN(CC)CCOc1cc(C#N)ccc1C(C)=O. The van der Waals surface area contributed by atoms with Crippen LogP contribution in [0.5, 0.6) is 5.75 Å². The van der Waals surface area contributed by atoms with E-state index >= 15 is 0 Å². The monoisotopic (exact) mass is 260 g/mol. The summed E-state index contributed by atoms with van der Waals surface area (Å²) in [5.74, 6) is 0.445. The van der Waals surface area contributed by atoms with Crippen molar-refractivity contribution in [2.75, 3.05) is 26.2 Å². The molecule has 0 saturated heterocycles. The summed E-state index contributed by atoms with van der Waals surface area (Å²) in [5.41, 5.74) is 1.03. The minimum atomic E-state index is -0.0534. The third kappa shape index (κ3) is 4.38. The van der Waals surface area contributed by atoms with E-state index < -0.39 is 0 Å². The third-order valence-electron chi connectivity index (χ3n) is 3.05. The molecule has 102 valence electrons. The summed E-state index contributed by atoms with van der Waals surface area (Å²) in [6.07, 6.45) is 0. The largest absolute Gasteiger partial charge is 0.491 e. The lowest BCUT2D eigenvalue weighted by Gasteiger charge is -2.18. The molecular weight excluding hydrogens is 240 g/mol. The minimum Gasteiger partial charge on any atom is -0.491 e. The van der Waals surface area contributed by atoms with Crippen molar-refractivity contribution < 1.29 is 9.53 Å². The standard InChI is InChI=1S/C15H20N2O2/c1-4-17(5-2)8-9-19-15-10-13(11-16)6-7-14(15)12(3)18/h6-7,10H,4-5,8-9H2,1-3H3. The highest BCUT2D eigenvalue weighted by Gasteiger charge is 2.10. The van der Waals surface area contributed by atoms with E-state index in [1.165, 1.54) is 6.92 Å². The van der Waals surface area contributed by atoms with Crippen molar-refractivity contribution in [2.45, 2.75) is 20.8 Å². The van der Waals surface area contributed by atoms with Crippen LogP contribution in [0.15, 0.2) is 18.2 Å². The fraction of sp³-hybridized carbons (Fsp3) is 0.467. The van der Waals surface area contributed by atoms with E-state index in [1.54, 1.807) is 18.2 Å². The average molecular weight is 260 g/mol. The molecule has 4 nitrogen and oxygen atoms in total. The second-order valence-corrected chi connectivity index (χ2v) is 4.25. The van der Waals surface area contributed by atoms with Crippen LogP contribution in [0.3, 0.4) is 0 Å². The molecule has 0 aliphatic heterocycles. The number of hydrogen-bond donors (Lipinski definition) is 0. The van der Waals surface area contributed by atoms with Crippen LogP contribution in [0.25, 0.3) is 0 Å². The van der Waals surface area contributed by atoms with Crippen LogP contribution >= 0.6 is 0 Å². The number of likely N-dealkylation sites (N-methyl/N-ethyl adjacent to an activating group) is 1. The second kappa shape index (κ2) is 7.55. The molecule has 0 heterocycles. The van der Waals surface area contributed by atoms with E-state index in [4.69, 9.17) is 10.00 Å². The van der Waals surface area contributed by atoms with E-state index in [1.807, 2.05) is 0 Å². The summed E-state index contributed by atoms with van der Waals surface area (Å²) in [5, 5.41) is 8.88. The number of Topliss-reactive ketones (excluding diaryl/α,β-unsaturated/α-hetero) is 1. The van der Waals surface area contributed by atoms with E-state index in [-0.39, 0.29) is 5.78 Å². The van der Waals surface area contributed by atoms with E-state index in [9.17, 15) is 4.79 Å². The zero-order valence-corrected chi connectivity index (χ0v) is 11.8. The minimum absolute atomic E-state index is 0.0534. The molecule has 1 aromatic carbocycles. The molecule has 0 N–H and O–H groups in total. The topological polar surface area (TPSA) is 53.3 Å². The summed E-state index contributed by atoms with van der Waals surface area (Å²) >= 11 is 0. The summed E-state index contributed by atoms with van der Waals surface area (Å²) in [4.78, 5) is 13.7. The van der Waals surface area contributed by atoms with E-state index in [2.05, 4.69) is 24.8 Å². The molecular formula is C15H20N2O2. The Balaban J connectivity index is 2.75. The van der Waals surface area contributed by atoms with Gasteiger partial charge in [0.2, 0.25) is 0 Å². The van der Waals surface area contributed by atoms with Gasteiger partial charge >= 0.3 is 0 Å². The molecule has 0 saturated carbocycles. The molecule has 0 amide bonds. The van der Waals surface area contributed by atoms with Gasteiger partial charge in [0.05, 0.1) is 17.2 Å². The number of ether oxygens (including phenoxy) is 1. The predicted molar refractivity (Wildman–Crippen MR) is 74.4 cm³/mol. The van der Waals surface area contributed by atoms with E-state index in [0.29, 0.717) is 23.5 Å². The Morgan fingerprint density at radius 3 is 2.58 bits per heavy atom. The van der Waals surface area contributed by atoms with Crippen LogP contribution in [-0.2, 0) is 0 Å². The molecule has 0 aliphatic carbocycles. The van der Waals surface area contributed by atoms with Crippen LogP contribution in [0, 0.1) is 11.3 Å². The Morgan fingerprint density at radius 2 is 2.05 bits per heavy atom. The van der Waals surface area contributed by atoms with E-state index in [0.717, 1.165) is 19.6 Å². The van der Waals surface area contributed by atoms with Crippen molar-refractivity contribution >= 4 is 5.78 Å². The molecule has 19 heavy (non-hydrogen) atoms. The second-order valence-electron chi connectivity index (χ2n) is 4.25. The van der Waals surface area contributed by atoms with Gasteiger partial charge in [0.25, 0.3) is 0 Å². The molecule has 4 heteroatoms. The van der Waals surface area contributed by atoms with Crippen molar-refractivity contribution in [3.63, 3.8) is 0 Å². The zero-order chi connectivity index (χ0) is 14.3. The van der Waals surface area contributed by atoms with Crippen molar-refractivity contribution in [1.29, 1.82) is 5.26 Å². The van der Waals surface area contributed by atoms with Gasteiger partial charge in [-0.1, -0.05) is 13.8 Å².